The lowest BCUT2D eigenvalue weighted by atomic mass is 10.2. The Hall–Kier alpha value is -2.47. The molecule has 0 aromatic heterocycles. The molecule has 2 rings (SSSR count). The molecule has 0 N–H and O–H groups in total. The first-order valence-electron chi connectivity index (χ1n) is 7.57. The zero-order chi connectivity index (χ0) is 18.1. The van der Waals surface area contributed by atoms with Crippen LogP contribution < -0.4 is 14.2 Å². The zero-order valence-corrected chi connectivity index (χ0v) is 15.6. The van der Waals surface area contributed by atoms with Crippen LogP contribution in [0.4, 0.5) is 0 Å². The fourth-order valence-electron chi connectivity index (χ4n) is 2.03. The number of esters is 1. The van der Waals surface area contributed by atoms with Crippen LogP contribution in [0.3, 0.4) is 0 Å². The highest BCUT2D eigenvalue weighted by Crippen LogP contribution is 2.27. The number of ether oxygens (including phenoxy) is 4. The van der Waals surface area contributed by atoms with Crippen molar-refractivity contribution >= 4 is 28.0 Å². The molecule has 0 saturated carbocycles. The molecular formula is C19H19BrO5. The predicted octanol–water partition coefficient (Wildman–Crippen LogP) is 4.10. The van der Waals surface area contributed by atoms with E-state index in [1.54, 1.807) is 32.4 Å². The van der Waals surface area contributed by atoms with E-state index in [9.17, 15) is 4.79 Å². The smallest absolute Gasteiger partial charge is 0.330 e. The molecule has 2 aromatic carbocycles. The van der Waals surface area contributed by atoms with Crippen LogP contribution >= 0.6 is 15.9 Å². The van der Waals surface area contributed by atoms with Crippen LogP contribution in [0.5, 0.6) is 17.2 Å². The van der Waals surface area contributed by atoms with Gasteiger partial charge in [-0.3, -0.25) is 0 Å². The number of hydrogen-bond acceptors (Lipinski definition) is 5. The number of carbonyl (C=O) groups is 1. The fraction of sp³-hybridized carbons (Fsp3) is 0.211. The maximum Gasteiger partial charge on any atom is 0.330 e. The molecule has 0 fully saturated rings. The van der Waals surface area contributed by atoms with Gasteiger partial charge in [-0.1, -0.05) is 28.1 Å². The van der Waals surface area contributed by atoms with Gasteiger partial charge in [0.2, 0.25) is 0 Å². The quantitative estimate of drug-likeness (QED) is 0.375. The Morgan fingerprint density at radius 2 is 1.84 bits per heavy atom. The number of rotatable bonds is 8. The van der Waals surface area contributed by atoms with Gasteiger partial charge in [0.15, 0.2) is 11.5 Å². The summed E-state index contributed by atoms with van der Waals surface area (Å²) in [6, 6.07) is 12.8. The summed E-state index contributed by atoms with van der Waals surface area (Å²) in [5, 5.41) is 0. The molecule has 0 saturated heterocycles. The SMILES string of the molecule is COc1ccc(/C=C/C(=O)OCCOc2cccc(Br)c2)cc1OC. The summed E-state index contributed by atoms with van der Waals surface area (Å²) in [7, 11) is 3.13. The second-order valence-corrected chi connectivity index (χ2v) is 5.84. The molecule has 2 aromatic rings. The summed E-state index contributed by atoms with van der Waals surface area (Å²) in [6.07, 6.45) is 3.01. The lowest BCUT2D eigenvalue weighted by Crippen LogP contribution is -2.10. The van der Waals surface area contributed by atoms with Crippen molar-refractivity contribution in [2.75, 3.05) is 27.4 Å². The highest BCUT2D eigenvalue weighted by molar-refractivity contribution is 9.10. The second-order valence-electron chi connectivity index (χ2n) is 4.92. The van der Waals surface area contributed by atoms with E-state index in [1.165, 1.54) is 6.08 Å². The van der Waals surface area contributed by atoms with E-state index in [1.807, 2.05) is 30.3 Å². The van der Waals surface area contributed by atoms with Gasteiger partial charge >= 0.3 is 5.97 Å². The minimum absolute atomic E-state index is 0.168. The molecule has 0 aliphatic carbocycles. The van der Waals surface area contributed by atoms with Crippen LogP contribution in [0.1, 0.15) is 5.56 Å². The standard InChI is InChI=1S/C19H19BrO5/c1-22-17-8-6-14(12-18(17)23-2)7-9-19(21)25-11-10-24-16-5-3-4-15(20)13-16/h3-9,12-13H,10-11H2,1-2H3/b9-7+. The molecule has 0 aliphatic heterocycles. The third-order valence-electron chi connectivity index (χ3n) is 3.21. The monoisotopic (exact) mass is 406 g/mol. The average Bonchev–Trinajstić information content (AvgIpc) is 2.63. The number of methoxy groups -OCH3 is 2. The van der Waals surface area contributed by atoms with Crippen LogP contribution in [0.15, 0.2) is 53.0 Å². The van der Waals surface area contributed by atoms with E-state index in [2.05, 4.69) is 15.9 Å². The van der Waals surface area contributed by atoms with Crippen LogP contribution in [0.25, 0.3) is 6.08 Å². The van der Waals surface area contributed by atoms with E-state index in [0.29, 0.717) is 17.2 Å². The molecular weight excluding hydrogens is 388 g/mol. The summed E-state index contributed by atoms with van der Waals surface area (Å²) in [6.45, 7) is 0.452. The van der Waals surface area contributed by atoms with Crippen molar-refractivity contribution in [3.63, 3.8) is 0 Å². The van der Waals surface area contributed by atoms with Gasteiger partial charge in [0, 0.05) is 10.5 Å². The predicted molar refractivity (Wildman–Crippen MR) is 99.2 cm³/mol. The van der Waals surface area contributed by atoms with E-state index < -0.39 is 5.97 Å². The van der Waals surface area contributed by atoms with Crippen molar-refractivity contribution in [1.29, 1.82) is 0 Å². The molecule has 0 radical (unpaired) electrons. The van der Waals surface area contributed by atoms with E-state index in [-0.39, 0.29) is 13.2 Å². The molecule has 0 aliphatic rings. The molecule has 132 valence electrons. The topological polar surface area (TPSA) is 54.0 Å². The van der Waals surface area contributed by atoms with Gasteiger partial charge in [-0.25, -0.2) is 4.79 Å². The van der Waals surface area contributed by atoms with Crippen molar-refractivity contribution in [2.45, 2.75) is 0 Å². The van der Waals surface area contributed by atoms with Gasteiger partial charge in [-0.2, -0.15) is 0 Å². The Bertz CT molecular complexity index is 742. The van der Waals surface area contributed by atoms with Crippen LogP contribution in [-0.2, 0) is 9.53 Å². The zero-order valence-electron chi connectivity index (χ0n) is 14.0. The lowest BCUT2D eigenvalue weighted by molar-refractivity contribution is -0.138. The lowest BCUT2D eigenvalue weighted by Gasteiger charge is -2.08. The Morgan fingerprint density at radius 3 is 2.56 bits per heavy atom. The molecule has 0 amide bonds. The first-order chi connectivity index (χ1) is 12.1. The van der Waals surface area contributed by atoms with Crippen LogP contribution in [0, 0.1) is 0 Å². The number of benzene rings is 2. The molecule has 25 heavy (non-hydrogen) atoms. The Labute approximate surface area is 155 Å². The molecule has 5 nitrogen and oxygen atoms in total. The highest BCUT2D eigenvalue weighted by Gasteiger charge is 2.04. The number of halogens is 1. The van der Waals surface area contributed by atoms with Crippen molar-refractivity contribution in [1.82, 2.24) is 0 Å². The fourth-order valence-corrected chi connectivity index (χ4v) is 2.41. The van der Waals surface area contributed by atoms with Crippen molar-refractivity contribution in [3.05, 3.63) is 58.6 Å². The molecule has 6 heteroatoms. The van der Waals surface area contributed by atoms with Crippen LogP contribution in [0.2, 0.25) is 0 Å². The second kappa shape index (κ2) is 9.74. The minimum Gasteiger partial charge on any atom is -0.493 e. The van der Waals surface area contributed by atoms with Crippen molar-refractivity contribution < 1.29 is 23.7 Å². The summed E-state index contributed by atoms with van der Waals surface area (Å²) in [4.78, 5) is 11.7. The average molecular weight is 407 g/mol. The highest BCUT2D eigenvalue weighted by atomic mass is 79.9. The molecule has 0 heterocycles. The number of carbonyl (C=O) groups excluding carboxylic acids is 1. The van der Waals surface area contributed by atoms with Crippen molar-refractivity contribution in [3.8, 4) is 17.2 Å². The summed E-state index contributed by atoms with van der Waals surface area (Å²) < 4.78 is 21.9. The first kappa shape index (κ1) is 18.9. The van der Waals surface area contributed by atoms with E-state index >= 15 is 0 Å². The minimum atomic E-state index is -0.437. The van der Waals surface area contributed by atoms with Crippen LogP contribution in [-0.4, -0.2) is 33.4 Å². The third kappa shape index (κ3) is 6.15. The Kier molecular flexibility index (Phi) is 7.35. The summed E-state index contributed by atoms with van der Waals surface area (Å²) in [5.41, 5.74) is 0.806. The third-order valence-corrected chi connectivity index (χ3v) is 3.71. The van der Waals surface area contributed by atoms with Gasteiger partial charge in [-0.15, -0.1) is 0 Å². The van der Waals surface area contributed by atoms with Gasteiger partial charge in [-0.05, 0) is 42.0 Å². The maximum absolute atomic E-state index is 11.7. The van der Waals surface area contributed by atoms with Crippen molar-refractivity contribution in [2.24, 2.45) is 0 Å². The summed E-state index contributed by atoms with van der Waals surface area (Å²) >= 11 is 3.36. The maximum atomic E-state index is 11.7. The van der Waals surface area contributed by atoms with Gasteiger partial charge in [0.25, 0.3) is 0 Å². The molecule has 0 bridgehead atoms. The number of hydrogen-bond donors (Lipinski definition) is 0. The summed E-state index contributed by atoms with van der Waals surface area (Å²) in [5.74, 6) is 1.51. The van der Waals surface area contributed by atoms with E-state index in [4.69, 9.17) is 18.9 Å². The molecule has 0 spiro atoms. The van der Waals surface area contributed by atoms with Gasteiger partial charge < -0.3 is 18.9 Å². The van der Waals surface area contributed by atoms with E-state index in [0.717, 1.165) is 10.0 Å². The normalized spacial score (nSPS) is 10.5. The largest absolute Gasteiger partial charge is 0.493 e. The Morgan fingerprint density at radius 1 is 1.04 bits per heavy atom. The first-order valence-corrected chi connectivity index (χ1v) is 8.37. The van der Waals surface area contributed by atoms with Gasteiger partial charge in [0.05, 0.1) is 14.2 Å². The van der Waals surface area contributed by atoms with Gasteiger partial charge in [0.1, 0.15) is 19.0 Å². The molecule has 0 atom stereocenters. The molecule has 0 unspecified atom stereocenters. The Balaban J connectivity index is 1.79.